The van der Waals surface area contributed by atoms with Crippen molar-refractivity contribution in [3.05, 3.63) is 142 Å². The van der Waals surface area contributed by atoms with Gasteiger partial charge in [0.25, 0.3) is 0 Å². The molecule has 0 aliphatic carbocycles. The Hall–Kier alpha value is -7.30. The Labute approximate surface area is 295 Å². The average Bonchev–Trinajstić information content (AvgIpc) is 3.68. The fourth-order valence-electron chi connectivity index (χ4n) is 5.30. The van der Waals surface area contributed by atoms with E-state index in [4.69, 9.17) is 15.3 Å². The number of carboxylic acids is 2. The molecule has 0 aliphatic heterocycles. The van der Waals surface area contributed by atoms with Crippen molar-refractivity contribution in [2.24, 2.45) is 14.1 Å². The van der Waals surface area contributed by atoms with Crippen molar-refractivity contribution in [1.82, 2.24) is 9.13 Å². The molecule has 10 heteroatoms. The summed E-state index contributed by atoms with van der Waals surface area (Å²) in [5.41, 5.74) is 6.97. The summed E-state index contributed by atoms with van der Waals surface area (Å²) in [5.74, 6) is -1.79. The highest BCUT2D eigenvalue weighted by molar-refractivity contribution is 5.97. The van der Waals surface area contributed by atoms with E-state index in [0.29, 0.717) is 11.4 Å². The Balaban J connectivity index is 1.39. The Bertz CT molecular complexity index is 2130. The largest absolute Gasteiger partial charge is 0.497 e. The number of carboxylic acid groups (broad SMARTS) is 2. The lowest BCUT2D eigenvalue weighted by atomic mass is 10.1. The zero-order valence-electron chi connectivity index (χ0n) is 28.1. The molecule has 51 heavy (non-hydrogen) atoms. The normalized spacial score (nSPS) is 11.8. The van der Waals surface area contributed by atoms with Crippen molar-refractivity contribution in [2.75, 3.05) is 12.0 Å². The number of hydrogen-bond acceptors (Lipinski definition) is 6. The lowest BCUT2D eigenvalue weighted by Crippen LogP contribution is -2.09. The van der Waals surface area contributed by atoms with E-state index in [2.05, 4.69) is 4.90 Å². The molecule has 2 aromatic heterocycles. The van der Waals surface area contributed by atoms with Gasteiger partial charge in [-0.25, -0.2) is 9.59 Å². The van der Waals surface area contributed by atoms with Crippen LogP contribution in [0, 0.1) is 22.7 Å². The lowest BCUT2D eigenvalue weighted by molar-refractivity contribution is -0.133. The second kappa shape index (κ2) is 15.7. The Morgan fingerprint density at radius 1 is 0.588 bits per heavy atom. The van der Waals surface area contributed by atoms with E-state index in [-0.39, 0.29) is 11.1 Å². The van der Waals surface area contributed by atoms with Gasteiger partial charge in [-0.2, -0.15) is 10.5 Å². The van der Waals surface area contributed by atoms with Gasteiger partial charge in [0.2, 0.25) is 0 Å². The number of aromatic nitrogens is 2. The molecule has 5 aromatic rings. The molecule has 0 fully saturated rings. The third kappa shape index (κ3) is 8.23. The molecule has 2 N–H and O–H groups in total. The van der Waals surface area contributed by atoms with E-state index in [9.17, 15) is 19.8 Å². The molecule has 2 heterocycles. The molecule has 3 aromatic carbocycles. The van der Waals surface area contributed by atoms with Gasteiger partial charge in [-0.3, -0.25) is 0 Å². The molecule has 0 bridgehead atoms. The van der Waals surface area contributed by atoms with Gasteiger partial charge in [0, 0.05) is 53.9 Å². The minimum absolute atomic E-state index is 0.332. The summed E-state index contributed by atoms with van der Waals surface area (Å²) in [7, 11) is 5.25. The molecule has 0 radical (unpaired) electrons. The SMILES string of the molecule is COc1ccc(N(c2ccc(/C=C/c3ccc(/C=C(\C#N)C(=O)O)n3C)cc2)c2ccc(/C=C/c3ccc(/C=C(\C#N)C(=O)O)n3C)cc2)cc1. The number of hydrogen-bond donors (Lipinski definition) is 2. The first-order chi connectivity index (χ1) is 24.6. The summed E-state index contributed by atoms with van der Waals surface area (Å²) in [6.45, 7) is 0. The summed E-state index contributed by atoms with van der Waals surface area (Å²) in [6, 6.07) is 34.7. The molecule has 0 unspecified atom stereocenters. The predicted molar refractivity (Wildman–Crippen MR) is 199 cm³/mol. The molecule has 0 saturated heterocycles. The topological polar surface area (TPSA) is 145 Å². The van der Waals surface area contributed by atoms with Gasteiger partial charge in [0.05, 0.1) is 7.11 Å². The molecular weight excluding hydrogens is 642 g/mol. The van der Waals surface area contributed by atoms with Gasteiger partial charge in [-0.1, -0.05) is 36.4 Å². The first-order valence-electron chi connectivity index (χ1n) is 15.6. The van der Waals surface area contributed by atoms with Gasteiger partial charge >= 0.3 is 11.9 Å². The van der Waals surface area contributed by atoms with Crippen LogP contribution in [0.1, 0.15) is 33.9 Å². The van der Waals surface area contributed by atoms with Gasteiger partial charge in [-0.15, -0.1) is 0 Å². The highest BCUT2D eigenvalue weighted by Crippen LogP contribution is 2.36. The van der Waals surface area contributed by atoms with Crippen LogP contribution in [0.2, 0.25) is 0 Å². The van der Waals surface area contributed by atoms with Crippen LogP contribution in [0.15, 0.2) is 108 Å². The van der Waals surface area contributed by atoms with Crippen LogP contribution < -0.4 is 9.64 Å². The summed E-state index contributed by atoms with van der Waals surface area (Å²) < 4.78 is 9.02. The van der Waals surface area contributed by atoms with Crippen LogP contribution in [-0.2, 0) is 23.7 Å². The second-order valence-corrected chi connectivity index (χ2v) is 11.3. The van der Waals surface area contributed by atoms with E-state index in [1.807, 2.05) is 132 Å². The van der Waals surface area contributed by atoms with E-state index >= 15 is 0 Å². The predicted octanol–water partition coefficient (Wildman–Crippen LogP) is 8.17. The monoisotopic (exact) mass is 675 g/mol. The maximum atomic E-state index is 11.2. The number of benzene rings is 3. The minimum atomic E-state index is -1.27. The zero-order chi connectivity index (χ0) is 36.5. The number of ether oxygens (including phenoxy) is 1. The number of anilines is 3. The molecule has 0 atom stereocenters. The first-order valence-corrected chi connectivity index (χ1v) is 15.6. The summed E-state index contributed by atoms with van der Waals surface area (Å²) in [5, 5.41) is 36.6. The van der Waals surface area contributed by atoms with Gasteiger partial charge in [0.15, 0.2) is 0 Å². The van der Waals surface area contributed by atoms with Crippen LogP contribution in [-0.4, -0.2) is 38.4 Å². The van der Waals surface area contributed by atoms with Crippen molar-refractivity contribution in [3.8, 4) is 17.9 Å². The van der Waals surface area contributed by atoms with E-state index < -0.39 is 11.9 Å². The number of nitrogens with zero attached hydrogens (tertiary/aromatic N) is 5. The Kier molecular flexibility index (Phi) is 10.8. The number of nitriles is 2. The van der Waals surface area contributed by atoms with E-state index in [0.717, 1.165) is 45.3 Å². The van der Waals surface area contributed by atoms with Gasteiger partial charge in [-0.05, 0) is 108 Å². The summed E-state index contributed by atoms with van der Waals surface area (Å²) in [4.78, 5) is 24.6. The smallest absolute Gasteiger partial charge is 0.346 e. The number of rotatable bonds is 12. The zero-order valence-corrected chi connectivity index (χ0v) is 28.1. The standard InChI is InChI=1S/C41H33N5O5/c1-44-32(16-18-37(44)24-30(26-42)40(47)48)10-4-28-6-12-34(13-7-28)46(36-20-22-39(51-3)23-21-36)35-14-8-29(9-15-35)5-11-33-17-19-38(45(33)2)25-31(27-43)41(49)50/h4-25H,1-3H3,(H,47,48)(H,49,50)/b10-4+,11-5+,30-24+,31-25+. The molecule has 10 nitrogen and oxygen atoms in total. The quantitative estimate of drug-likeness (QED) is 0.0995. The average molecular weight is 676 g/mol. The van der Waals surface area contributed by atoms with Crippen molar-refractivity contribution >= 4 is 65.5 Å². The second-order valence-electron chi connectivity index (χ2n) is 11.3. The van der Waals surface area contributed by atoms with Crippen molar-refractivity contribution in [3.63, 3.8) is 0 Å². The highest BCUT2D eigenvalue weighted by atomic mass is 16.5. The molecule has 0 spiro atoms. The van der Waals surface area contributed by atoms with Crippen LogP contribution in [0.25, 0.3) is 36.5 Å². The van der Waals surface area contributed by atoms with E-state index in [1.165, 1.54) is 12.2 Å². The van der Waals surface area contributed by atoms with Crippen molar-refractivity contribution in [2.45, 2.75) is 0 Å². The summed E-state index contributed by atoms with van der Waals surface area (Å²) in [6.07, 6.45) is 10.5. The highest BCUT2D eigenvalue weighted by Gasteiger charge is 2.14. The maximum absolute atomic E-state index is 11.2. The molecular formula is C41H33N5O5. The van der Waals surface area contributed by atoms with Gasteiger partial charge in [0.1, 0.15) is 29.0 Å². The maximum Gasteiger partial charge on any atom is 0.346 e. The van der Waals surface area contributed by atoms with Crippen molar-refractivity contribution in [1.29, 1.82) is 10.5 Å². The van der Waals surface area contributed by atoms with Crippen LogP contribution >= 0.6 is 0 Å². The molecule has 5 rings (SSSR count). The number of aliphatic carboxylic acids is 2. The number of carbonyl (C=O) groups is 2. The fourth-order valence-corrected chi connectivity index (χ4v) is 5.30. The van der Waals surface area contributed by atoms with Crippen molar-refractivity contribution < 1.29 is 24.5 Å². The fraction of sp³-hybridized carbons (Fsp3) is 0.0732. The number of methoxy groups -OCH3 is 1. The lowest BCUT2D eigenvalue weighted by Gasteiger charge is -2.26. The third-order valence-corrected chi connectivity index (χ3v) is 8.21. The van der Waals surface area contributed by atoms with Crippen LogP contribution in [0.3, 0.4) is 0 Å². The summed E-state index contributed by atoms with van der Waals surface area (Å²) >= 11 is 0. The van der Waals surface area contributed by atoms with Crippen LogP contribution in [0.5, 0.6) is 5.75 Å². The van der Waals surface area contributed by atoms with Crippen LogP contribution in [0.4, 0.5) is 17.1 Å². The Morgan fingerprint density at radius 3 is 1.27 bits per heavy atom. The molecule has 0 amide bonds. The first kappa shape index (κ1) is 35.0. The molecule has 252 valence electrons. The van der Waals surface area contributed by atoms with E-state index in [1.54, 1.807) is 31.4 Å². The molecule has 0 aliphatic rings. The Morgan fingerprint density at radius 2 is 0.941 bits per heavy atom. The third-order valence-electron chi connectivity index (χ3n) is 8.21. The minimum Gasteiger partial charge on any atom is -0.497 e. The van der Waals surface area contributed by atoms with Gasteiger partial charge < -0.3 is 29.0 Å². The molecule has 0 saturated carbocycles.